The third kappa shape index (κ3) is 3.60. The molecule has 0 saturated heterocycles. The van der Waals surface area contributed by atoms with Gasteiger partial charge in [0.15, 0.2) is 10.3 Å². The number of ether oxygens (including phenoxy) is 1. The maximum atomic E-state index is 12.1. The Morgan fingerprint density at radius 2 is 1.96 bits per heavy atom. The Labute approximate surface area is 154 Å². The van der Waals surface area contributed by atoms with Gasteiger partial charge in [0, 0.05) is 11.5 Å². The van der Waals surface area contributed by atoms with Crippen molar-refractivity contribution in [2.45, 2.75) is 12.6 Å². The molecule has 0 spiro atoms. The second-order valence-electron chi connectivity index (χ2n) is 5.48. The number of halogens is 1. The van der Waals surface area contributed by atoms with Crippen molar-refractivity contribution in [1.29, 1.82) is 0 Å². The third-order valence-corrected chi connectivity index (χ3v) is 4.54. The van der Waals surface area contributed by atoms with E-state index in [0.717, 1.165) is 4.47 Å². The molecule has 0 aliphatic heterocycles. The van der Waals surface area contributed by atoms with Gasteiger partial charge in [-0.05, 0) is 36.5 Å². The van der Waals surface area contributed by atoms with Gasteiger partial charge in [0.2, 0.25) is 0 Å². The van der Waals surface area contributed by atoms with Crippen LogP contribution in [0.15, 0.2) is 38.3 Å². The van der Waals surface area contributed by atoms with E-state index in [4.69, 9.17) is 17.0 Å². The van der Waals surface area contributed by atoms with Crippen molar-refractivity contribution in [3.05, 3.63) is 54.3 Å². The Balaban J connectivity index is 1.83. The molecule has 3 aromatic rings. The van der Waals surface area contributed by atoms with Crippen LogP contribution in [-0.2, 0) is 13.6 Å². The van der Waals surface area contributed by atoms with Gasteiger partial charge in [0.25, 0.3) is 5.56 Å². The predicted molar refractivity (Wildman–Crippen MR) is 98.6 cm³/mol. The average molecular weight is 427 g/mol. The van der Waals surface area contributed by atoms with Gasteiger partial charge in [-0.2, -0.15) is 0 Å². The standard InChI is InChI=1S/C15H15BrN4O4S/c1-19-12-11(13(22)18-14(19)23)20(15(25)17-12)6-9(21)7-24-10-4-2-8(16)3-5-10/h2-5,9,21H,6-7H2,1H3,(H,17,25)(H,18,22,23)/t9-/m0/s1. The van der Waals surface area contributed by atoms with E-state index < -0.39 is 17.4 Å². The fourth-order valence-corrected chi connectivity index (χ4v) is 2.96. The van der Waals surface area contributed by atoms with Crippen molar-refractivity contribution in [1.82, 2.24) is 19.1 Å². The molecule has 0 bridgehead atoms. The van der Waals surface area contributed by atoms with Crippen molar-refractivity contribution in [3.63, 3.8) is 0 Å². The van der Waals surface area contributed by atoms with Crippen LogP contribution in [0.25, 0.3) is 11.2 Å². The van der Waals surface area contributed by atoms with Crippen molar-refractivity contribution < 1.29 is 9.84 Å². The molecule has 2 aromatic heterocycles. The summed E-state index contributed by atoms with van der Waals surface area (Å²) < 4.78 is 9.41. The summed E-state index contributed by atoms with van der Waals surface area (Å²) >= 11 is 8.54. The molecule has 0 aliphatic rings. The number of aromatic nitrogens is 4. The Kier molecular flexibility index (Phi) is 4.93. The number of hydrogen-bond acceptors (Lipinski definition) is 5. The molecule has 0 radical (unpaired) electrons. The molecule has 25 heavy (non-hydrogen) atoms. The van der Waals surface area contributed by atoms with Crippen LogP contribution in [0.5, 0.6) is 5.75 Å². The van der Waals surface area contributed by atoms with E-state index in [-0.39, 0.29) is 23.4 Å². The highest BCUT2D eigenvalue weighted by molar-refractivity contribution is 9.10. The molecule has 0 aliphatic carbocycles. The van der Waals surface area contributed by atoms with Gasteiger partial charge in [-0.15, -0.1) is 0 Å². The van der Waals surface area contributed by atoms with Crippen molar-refractivity contribution in [2.24, 2.45) is 7.05 Å². The quantitative estimate of drug-likeness (QED) is 0.533. The summed E-state index contributed by atoms with van der Waals surface area (Å²) in [6.07, 6.45) is -0.897. The normalized spacial score (nSPS) is 12.4. The Morgan fingerprint density at radius 1 is 1.28 bits per heavy atom. The summed E-state index contributed by atoms with van der Waals surface area (Å²) in [6, 6.07) is 7.21. The number of nitrogens with one attached hydrogen (secondary N) is 2. The number of aliphatic hydroxyl groups is 1. The lowest BCUT2D eigenvalue weighted by Crippen LogP contribution is -2.30. The third-order valence-electron chi connectivity index (χ3n) is 3.69. The molecule has 3 rings (SSSR count). The van der Waals surface area contributed by atoms with E-state index in [1.165, 1.54) is 16.2 Å². The zero-order valence-corrected chi connectivity index (χ0v) is 15.6. The summed E-state index contributed by atoms with van der Waals surface area (Å²) in [6.45, 7) is 0.0798. The van der Waals surface area contributed by atoms with E-state index in [1.807, 2.05) is 12.1 Å². The number of rotatable bonds is 5. The van der Waals surface area contributed by atoms with Gasteiger partial charge in [0.05, 0.1) is 6.54 Å². The smallest absolute Gasteiger partial charge is 0.329 e. The molecule has 2 heterocycles. The topological polar surface area (TPSA) is 105 Å². The minimum atomic E-state index is -0.897. The van der Waals surface area contributed by atoms with E-state index in [1.54, 1.807) is 12.1 Å². The van der Waals surface area contributed by atoms with Crippen LogP contribution >= 0.6 is 28.1 Å². The summed E-state index contributed by atoms with van der Waals surface area (Å²) in [5, 5.41) is 10.2. The number of fused-ring (bicyclic) bond motifs is 1. The SMILES string of the molecule is Cn1c(=O)[nH]c(=O)c2c1[nH]c(=S)n2C[C@H](O)COc1ccc(Br)cc1. The average Bonchev–Trinajstić information content (AvgIpc) is 2.89. The molecule has 0 saturated carbocycles. The molecular formula is C15H15BrN4O4S. The molecule has 10 heteroatoms. The minimum absolute atomic E-state index is 0.0275. The maximum Gasteiger partial charge on any atom is 0.329 e. The summed E-state index contributed by atoms with van der Waals surface area (Å²) in [5.74, 6) is 0.616. The lowest BCUT2D eigenvalue weighted by Gasteiger charge is -2.13. The van der Waals surface area contributed by atoms with Gasteiger partial charge in [-0.25, -0.2) is 4.79 Å². The molecule has 8 nitrogen and oxygen atoms in total. The van der Waals surface area contributed by atoms with Gasteiger partial charge in [-0.3, -0.25) is 14.3 Å². The molecule has 1 atom stereocenters. The molecule has 3 N–H and O–H groups in total. The van der Waals surface area contributed by atoms with Crippen LogP contribution in [-0.4, -0.2) is 36.9 Å². The molecule has 132 valence electrons. The highest BCUT2D eigenvalue weighted by Gasteiger charge is 2.16. The fraction of sp³-hybridized carbons (Fsp3) is 0.267. The maximum absolute atomic E-state index is 12.1. The number of aliphatic hydroxyl groups excluding tert-OH is 1. The highest BCUT2D eigenvalue weighted by atomic mass is 79.9. The van der Waals surface area contributed by atoms with Crippen LogP contribution in [0.4, 0.5) is 0 Å². The first-order chi connectivity index (χ1) is 11.9. The molecular weight excluding hydrogens is 412 g/mol. The molecule has 0 amide bonds. The van der Waals surface area contributed by atoms with Crippen LogP contribution in [0.1, 0.15) is 0 Å². The number of hydrogen-bond donors (Lipinski definition) is 3. The van der Waals surface area contributed by atoms with E-state index in [2.05, 4.69) is 25.9 Å². The van der Waals surface area contributed by atoms with Crippen LogP contribution in [0.3, 0.4) is 0 Å². The molecule has 0 unspecified atom stereocenters. The van der Waals surface area contributed by atoms with E-state index in [0.29, 0.717) is 11.4 Å². The Morgan fingerprint density at radius 3 is 2.64 bits per heavy atom. The van der Waals surface area contributed by atoms with E-state index >= 15 is 0 Å². The minimum Gasteiger partial charge on any atom is -0.491 e. The van der Waals surface area contributed by atoms with Gasteiger partial charge >= 0.3 is 5.69 Å². The lowest BCUT2D eigenvalue weighted by atomic mass is 10.3. The van der Waals surface area contributed by atoms with Gasteiger partial charge in [0.1, 0.15) is 24.1 Å². The van der Waals surface area contributed by atoms with Gasteiger partial charge in [-0.1, -0.05) is 15.9 Å². The van der Waals surface area contributed by atoms with Crippen molar-refractivity contribution in [2.75, 3.05) is 6.61 Å². The number of H-pyrrole nitrogens is 2. The largest absolute Gasteiger partial charge is 0.491 e. The predicted octanol–water partition coefficient (Wildman–Crippen LogP) is 1.29. The Bertz CT molecular complexity index is 1080. The molecule has 0 fully saturated rings. The first-order valence-corrected chi connectivity index (χ1v) is 8.55. The first kappa shape index (κ1) is 17.6. The van der Waals surface area contributed by atoms with Crippen molar-refractivity contribution in [3.8, 4) is 5.75 Å². The first-order valence-electron chi connectivity index (χ1n) is 7.35. The zero-order valence-electron chi connectivity index (χ0n) is 13.2. The number of benzene rings is 1. The fourth-order valence-electron chi connectivity index (χ4n) is 2.43. The number of aryl methyl sites for hydroxylation is 1. The van der Waals surface area contributed by atoms with Crippen molar-refractivity contribution >= 4 is 39.3 Å². The molecule has 1 aromatic carbocycles. The van der Waals surface area contributed by atoms with Gasteiger partial charge < -0.3 is 19.4 Å². The second-order valence-corrected chi connectivity index (χ2v) is 6.78. The number of imidazole rings is 1. The highest BCUT2D eigenvalue weighted by Crippen LogP contribution is 2.16. The summed E-state index contributed by atoms with van der Waals surface area (Å²) in [7, 11) is 1.52. The lowest BCUT2D eigenvalue weighted by molar-refractivity contribution is 0.0930. The monoisotopic (exact) mass is 426 g/mol. The van der Waals surface area contributed by atoms with Crippen LogP contribution < -0.4 is 16.0 Å². The second kappa shape index (κ2) is 6.98. The Hall–Kier alpha value is -2.17. The van der Waals surface area contributed by atoms with E-state index in [9.17, 15) is 14.7 Å². The van der Waals surface area contributed by atoms with Crippen LogP contribution in [0, 0.1) is 4.77 Å². The summed E-state index contributed by atoms with van der Waals surface area (Å²) in [5.41, 5.74) is -0.596. The zero-order chi connectivity index (χ0) is 18.1. The summed E-state index contributed by atoms with van der Waals surface area (Å²) in [4.78, 5) is 28.8. The van der Waals surface area contributed by atoms with Crippen LogP contribution in [0.2, 0.25) is 0 Å². The number of nitrogens with zero attached hydrogens (tertiary/aromatic N) is 2. The number of aromatic amines is 2.